The van der Waals surface area contributed by atoms with Gasteiger partial charge in [0.05, 0.1) is 19.9 Å². The van der Waals surface area contributed by atoms with E-state index in [9.17, 15) is 9.59 Å². The molecular weight excluding hydrogens is 322 g/mol. The first kappa shape index (κ1) is 18.3. The van der Waals surface area contributed by atoms with E-state index in [1.165, 1.54) is 14.2 Å². The summed E-state index contributed by atoms with van der Waals surface area (Å²) in [6, 6.07) is 11.8. The van der Waals surface area contributed by atoms with E-state index in [1.807, 2.05) is 0 Å². The zero-order valence-electron chi connectivity index (χ0n) is 14.2. The second-order valence-electron chi connectivity index (χ2n) is 5.19. The number of rotatable bonds is 7. The van der Waals surface area contributed by atoms with E-state index in [1.54, 1.807) is 42.5 Å². The lowest BCUT2D eigenvalue weighted by Gasteiger charge is -2.13. The second-order valence-corrected chi connectivity index (χ2v) is 5.19. The number of carbonyl (C=O) groups is 2. The summed E-state index contributed by atoms with van der Waals surface area (Å²) in [7, 11) is 3.03. The Labute approximate surface area is 146 Å². The van der Waals surface area contributed by atoms with Crippen molar-refractivity contribution in [3.63, 3.8) is 0 Å². The van der Waals surface area contributed by atoms with Crippen molar-refractivity contribution in [2.75, 3.05) is 31.4 Å². The fourth-order valence-corrected chi connectivity index (χ4v) is 2.19. The lowest BCUT2D eigenvalue weighted by Crippen LogP contribution is -2.16. The zero-order chi connectivity index (χ0) is 18.2. The van der Waals surface area contributed by atoms with Crippen LogP contribution < -0.4 is 25.8 Å². The van der Waals surface area contributed by atoms with Gasteiger partial charge >= 0.3 is 0 Å². The number of methoxy groups -OCH3 is 2. The van der Waals surface area contributed by atoms with E-state index in [-0.39, 0.29) is 24.8 Å². The number of nitrogens with one attached hydrogen (secondary N) is 2. The number of ether oxygens (including phenoxy) is 2. The molecule has 4 N–H and O–H groups in total. The Morgan fingerprint density at radius 1 is 1.04 bits per heavy atom. The summed E-state index contributed by atoms with van der Waals surface area (Å²) >= 11 is 0. The highest BCUT2D eigenvalue weighted by Gasteiger charge is 2.12. The molecule has 0 saturated heterocycles. The number of hydrogen-bond donors (Lipinski definition) is 3. The summed E-state index contributed by atoms with van der Waals surface area (Å²) in [6.07, 6.45) is 0.233. The first-order valence-corrected chi connectivity index (χ1v) is 7.70. The Kier molecular flexibility index (Phi) is 6.36. The molecule has 0 aliphatic carbocycles. The molecule has 0 spiro atoms. The molecule has 2 aromatic rings. The summed E-state index contributed by atoms with van der Waals surface area (Å²) in [6.45, 7) is 0.275. The second kappa shape index (κ2) is 8.70. The first-order chi connectivity index (χ1) is 12.1. The molecule has 0 bridgehead atoms. The lowest BCUT2D eigenvalue weighted by molar-refractivity contribution is -0.116. The van der Waals surface area contributed by atoms with Gasteiger partial charge in [-0.15, -0.1) is 0 Å². The Hall–Kier alpha value is -3.06. The van der Waals surface area contributed by atoms with Crippen LogP contribution in [0, 0.1) is 0 Å². The van der Waals surface area contributed by atoms with Gasteiger partial charge in [-0.1, -0.05) is 6.07 Å². The summed E-state index contributed by atoms with van der Waals surface area (Å²) in [4.78, 5) is 24.0. The minimum absolute atomic E-state index is 0.183. The number of carbonyl (C=O) groups excluding carboxylic acids is 2. The van der Waals surface area contributed by atoms with Crippen molar-refractivity contribution >= 4 is 23.2 Å². The van der Waals surface area contributed by atoms with Crippen molar-refractivity contribution in [3.8, 4) is 11.5 Å². The first-order valence-electron chi connectivity index (χ1n) is 7.70. The minimum Gasteiger partial charge on any atom is -0.497 e. The number of anilines is 2. The van der Waals surface area contributed by atoms with Crippen LogP contribution in [0.3, 0.4) is 0 Å². The van der Waals surface area contributed by atoms with Gasteiger partial charge in [-0.05, 0) is 30.3 Å². The SMILES string of the molecule is COc1cccc(C(=O)Nc2ccc(NC(=O)CCN)cc2OC)c1. The Morgan fingerprint density at radius 2 is 1.84 bits per heavy atom. The van der Waals surface area contributed by atoms with E-state index in [2.05, 4.69) is 10.6 Å². The predicted octanol–water partition coefficient (Wildman–Crippen LogP) is 2.24. The Balaban J connectivity index is 2.15. The summed E-state index contributed by atoms with van der Waals surface area (Å²) < 4.78 is 10.4. The van der Waals surface area contributed by atoms with Gasteiger partial charge in [-0.3, -0.25) is 9.59 Å². The number of benzene rings is 2. The molecule has 0 heterocycles. The molecular formula is C18H21N3O4. The fraction of sp³-hybridized carbons (Fsp3) is 0.222. The third-order valence-corrected chi connectivity index (χ3v) is 3.44. The van der Waals surface area contributed by atoms with Gasteiger partial charge in [0, 0.05) is 30.3 Å². The standard InChI is InChI=1S/C18H21N3O4/c1-24-14-5-3-4-12(10-14)18(23)21-15-7-6-13(11-16(15)25-2)20-17(22)8-9-19/h3-7,10-11H,8-9,19H2,1-2H3,(H,20,22)(H,21,23). The van der Waals surface area contributed by atoms with Gasteiger partial charge in [-0.25, -0.2) is 0 Å². The van der Waals surface area contributed by atoms with Crippen molar-refractivity contribution in [3.05, 3.63) is 48.0 Å². The predicted molar refractivity (Wildman–Crippen MR) is 96.2 cm³/mol. The molecule has 0 radical (unpaired) electrons. The fourth-order valence-electron chi connectivity index (χ4n) is 2.19. The molecule has 0 saturated carbocycles. The van der Waals surface area contributed by atoms with Crippen LogP contribution >= 0.6 is 0 Å². The Bertz CT molecular complexity index is 762. The van der Waals surface area contributed by atoms with E-state index in [4.69, 9.17) is 15.2 Å². The molecule has 0 aromatic heterocycles. The topological polar surface area (TPSA) is 103 Å². The summed E-state index contributed by atoms with van der Waals surface area (Å²) in [5.74, 6) is 0.550. The maximum absolute atomic E-state index is 12.4. The van der Waals surface area contributed by atoms with E-state index in [0.717, 1.165) is 0 Å². The third-order valence-electron chi connectivity index (χ3n) is 3.44. The van der Waals surface area contributed by atoms with Crippen LogP contribution in [0.25, 0.3) is 0 Å². The van der Waals surface area contributed by atoms with E-state index in [0.29, 0.717) is 28.4 Å². The van der Waals surface area contributed by atoms with Crippen molar-refractivity contribution in [2.45, 2.75) is 6.42 Å². The van der Waals surface area contributed by atoms with E-state index >= 15 is 0 Å². The van der Waals surface area contributed by atoms with Crippen LogP contribution in [0.1, 0.15) is 16.8 Å². The molecule has 25 heavy (non-hydrogen) atoms. The molecule has 2 rings (SSSR count). The molecule has 0 fully saturated rings. The van der Waals surface area contributed by atoms with Crippen molar-refractivity contribution in [1.29, 1.82) is 0 Å². The highest BCUT2D eigenvalue weighted by molar-refractivity contribution is 6.05. The molecule has 2 aromatic carbocycles. The van der Waals surface area contributed by atoms with Crippen LogP contribution in [0.15, 0.2) is 42.5 Å². The minimum atomic E-state index is -0.294. The molecule has 0 aliphatic rings. The molecule has 132 valence electrons. The number of hydrogen-bond acceptors (Lipinski definition) is 5. The van der Waals surface area contributed by atoms with Crippen LogP contribution in [-0.2, 0) is 4.79 Å². The van der Waals surface area contributed by atoms with Crippen LogP contribution in [0.4, 0.5) is 11.4 Å². The van der Waals surface area contributed by atoms with Crippen molar-refractivity contribution in [1.82, 2.24) is 0 Å². The lowest BCUT2D eigenvalue weighted by atomic mass is 10.2. The number of nitrogens with two attached hydrogens (primary N) is 1. The van der Waals surface area contributed by atoms with Gasteiger partial charge in [-0.2, -0.15) is 0 Å². The summed E-state index contributed by atoms with van der Waals surface area (Å²) in [5.41, 5.74) is 6.87. The highest BCUT2D eigenvalue weighted by atomic mass is 16.5. The summed E-state index contributed by atoms with van der Waals surface area (Å²) in [5, 5.41) is 5.50. The molecule has 0 unspecified atom stereocenters. The molecule has 7 nitrogen and oxygen atoms in total. The van der Waals surface area contributed by atoms with Gasteiger partial charge < -0.3 is 25.8 Å². The largest absolute Gasteiger partial charge is 0.497 e. The van der Waals surface area contributed by atoms with Crippen molar-refractivity contribution < 1.29 is 19.1 Å². The van der Waals surface area contributed by atoms with Gasteiger partial charge in [0.15, 0.2) is 0 Å². The van der Waals surface area contributed by atoms with E-state index < -0.39 is 0 Å². The Morgan fingerprint density at radius 3 is 2.52 bits per heavy atom. The molecule has 7 heteroatoms. The van der Waals surface area contributed by atoms with Gasteiger partial charge in [0.2, 0.25) is 5.91 Å². The maximum atomic E-state index is 12.4. The number of amides is 2. The average Bonchev–Trinajstić information content (AvgIpc) is 2.63. The van der Waals surface area contributed by atoms with Crippen LogP contribution in [0.5, 0.6) is 11.5 Å². The third kappa shape index (κ3) is 4.95. The maximum Gasteiger partial charge on any atom is 0.255 e. The smallest absolute Gasteiger partial charge is 0.255 e. The van der Waals surface area contributed by atoms with Crippen LogP contribution in [-0.4, -0.2) is 32.6 Å². The molecule has 2 amide bonds. The molecule has 0 aliphatic heterocycles. The van der Waals surface area contributed by atoms with Crippen molar-refractivity contribution in [2.24, 2.45) is 5.73 Å². The zero-order valence-corrected chi connectivity index (χ0v) is 14.2. The quantitative estimate of drug-likeness (QED) is 0.715. The molecule has 0 atom stereocenters. The average molecular weight is 343 g/mol. The normalized spacial score (nSPS) is 10.0. The monoisotopic (exact) mass is 343 g/mol. The van der Waals surface area contributed by atoms with Crippen LogP contribution in [0.2, 0.25) is 0 Å². The highest BCUT2D eigenvalue weighted by Crippen LogP contribution is 2.28. The van der Waals surface area contributed by atoms with Gasteiger partial charge in [0.25, 0.3) is 5.91 Å². The van der Waals surface area contributed by atoms with Gasteiger partial charge in [0.1, 0.15) is 11.5 Å².